The van der Waals surface area contributed by atoms with Crippen LogP contribution in [-0.2, 0) is 4.79 Å². The number of carbonyl (C=O) groups is 1. The van der Waals surface area contributed by atoms with Crippen LogP contribution in [0, 0.1) is 0 Å². The van der Waals surface area contributed by atoms with Gasteiger partial charge in [0, 0.05) is 12.6 Å². The Morgan fingerprint density at radius 1 is 1.00 bits per heavy atom. The summed E-state index contributed by atoms with van der Waals surface area (Å²) in [6.45, 7) is 0.863. The maximum absolute atomic E-state index is 11.7. The van der Waals surface area contributed by atoms with Gasteiger partial charge in [0.2, 0.25) is 5.91 Å². The monoisotopic (exact) mass is 210 g/mol. The maximum atomic E-state index is 11.7. The maximum Gasteiger partial charge on any atom is 0.237 e. The lowest BCUT2D eigenvalue weighted by Gasteiger charge is -2.27. The second-order valence-electron chi connectivity index (χ2n) is 4.84. The van der Waals surface area contributed by atoms with E-state index in [9.17, 15) is 4.79 Å². The molecule has 1 unspecified atom stereocenters. The normalized spacial score (nSPS) is 29.6. The Kier molecular flexibility index (Phi) is 4.01. The van der Waals surface area contributed by atoms with Crippen molar-refractivity contribution in [2.45, 2.75) is 63.5 Å². The van der Waals surface area contributed by atoms with Gasteiger partial charge in [0.05, 0.1) is 6.04 Å². The van der Waals surface area contributed by atoms with E-state index in [1.165, 1.54) is 38.5 Å². The van der Waals surface area contributed by atoms with Crippen molar-refractivity contribution in [2.75, 3.05) is 6.54 Å². The fourth-order valence-corrected chi connectivity index (χ4v) is 2.65. The third kappa shape index (κ3) is 3.20. The molecule has 1 aliphatic carbocycles. The van der Waals surface area contributed by atoms with Gasteiger partial charge >= 0.3 is 0 Å². The summed E-state index contributed by atoms with van der Waals surface area (Å²) in [5.41, 5.74) is 0. The predicted octanol–water partition coefficient (Wildman–Crippen LogP) is 1.58. The highest BCUT2D eigenvalue weighted by Crippen LogP contribution is 2.19. The lowest BCUT2D eigenvalue weighted by atomic mass is 9.94. The number of hydrogen-bond donors (Lipinski definition) is 2. The van der Waals surface area contributed by atoms with Crippen molar-refractivity contribution in [3.8, 4) is 0 Å². The predicted molar refractivity (Wildman–Crippen MR) is 60.7 cm³/mol. The van der Waals surface area contributed by atoms with Crippen molar-refractivity contribution in [3.05, 3.63) is 0 Å². The Bertz CT molecular complexity index is 212. The molecule has 3 heteroatoms. The molecular weight excluding hydrogens is 188 g/mol. The minimum atomic E-state index is 0.0793. The summed E-state index contributed by atoms with van der Waals surface area (Å²) in [5, 5.41) is 6.52. The fraction of sp³-hybridized carbons (Fsp3) is 0.917. The Morgan fingerprint density at radius 3 is 2.53 bits per heavy atom. The lowest BCUT2D eigenvalue weighted by molar-refractivity contribution is -0.123. The largest absolute Gasteiger partial charge is 0.355 e. The molecule has 86 valence electrons. The van der Waals surface area contributed by atoms with Gasteiger partial charge in [0.15, 0.2) is 0 Å². The van der Waals surface area contributed by atoms with E-state index in [-0.39, 0.29) is 11.9 Å². The van der Waals surface area contributed by atoms with E-state index >= 15 is 0 Å². The molecule has 3 nitrogen and oxygen atoms in total. The molecule has 0 aromatic heterocycles. The van der Waals surface area contributed by atoms with Crippen LogP contribution in [0.25, 0.3) is 0 Å². The third-order valence-electron chi connectivity index (χ3n) is 3.58. The number of nitrogens with one attached hydrogen (secondary N) is 2. The summed E-state index contributed by atoms with van der Waals surface area (Å²) in [4.78, 5) is 11.7. The average molecular weight is 210 g/mol. The first-order chi connectivity index (χ1) is 7.36. The molecule has 0 spiro atoms. The second-order valence-corrected chi connectivity index (χ2v) is 4.84. The molecule has 2 N–H and O–H groups in total. The van der Waals surface area contributed by atoms with Crippen molar-refractivity contribution >= 4 is 5.91 Å². The highest BCUT2D eigenvalue weighted by atomic mass is 16.2. The van der Waals surface area contributed by atoms with Gasteiger partial charge in [-0.05, 0) is 32.1 Å². The average Bonchev–Trinajstić information content (AvgIpc) is 2.46. The van der Waals surface area contributed by atoms with Gasteiger partial charge in [-0.25, -0.2) is 0 Å². The lowest BCUT2D eigenvalue weighted by Crippen LogP contribution is -2.47. The standard InChI is InChI=1S/C12H22N2O/c15-12-11(8-4-5-9-13-12)14-10-6-2-1-3-7-10/h10-11,14H,1-9H2,(H,13,15). The van der Waals surface area contributed by atoms with E-state index in [4.69, 9.17) is 0 Å². The zero-order chi connectivity index (χ0) is 10.5. The van der Waals surface area contributed by atoms with Crippen LogP contribution in [0.4, 0.5) is 0 Å². The molecule has 1 atom stereocenters. The summed E-state index contributed by atoms with van der Waals surface area (Å²) in [7, 11) is 0. The number of hydrogen-bond acceptors (Lipinski definition) is 2. The van der Waals surface area contributed by atoms with Gasteiger partial charge in [0.25, 0.3) is 0 Å². The molecule has 1 saturated carbocycles. The van der Waals surface area contributed by atoms with E-state index < -0.39 is 0 Å². The summed E-state index contributed by atoms with van der Waals surface area (Å²) >= 11 is 0. The quantitative estimate of drug-likeness (QED) is 0.726. The molecule has 1 aliphatic heterocycles. The van der Waals surface area contributed by atoms with Gasteiger partial charge in [-0.15, -0.1) is 0 Å². The molecular formula is C12H22N2O. The van der Waals surface area contributed by atoms with Crippen LogP contribution in [0.5, 0.6) is 0 Å². The molecule has 0 aromatic carbocycles. The third-order valence-corrected chi connectivity index (χ3v) is 3.58. The van der Waals surface area contributed by atoms with Gasteiger partial charge in [-0.2, -0.15) is 0 Å². The molecule has 0 bridgehead atoms. The SMILES string of the molecule is O=C1NCCCCC1NC1CCCCC1. The van der Waals surface area contributed by atoms with Crippen LogP contribution < -0.4 is 10.6 Å². The molecule has 2 aliphatic rings. The molecule has 1 heterocycles. The molecule has 15 heavy (non-hydrogen) atoms. The minimum Gasteiger partial charge on any atom is -0.355 e. The van der Waals surface area contributed by atoms with Crippen molar-refractivity contribution in [1.82, 2.24) is 10.6 Å². The first-order valence-corrected chi connectivity index (χ1v) is 6.40. The molecule has 1 saturated heterocycles. The van der Waals surface area contributed by atoms with Crippen LogP contribution in [-0.4, -0.2) is 24.5 Å². The molecule has 1 amide bonds. The van der Waals surface area contributed by atoms with Crippen LogP contribution >= 0.6 is 0 Å². The second kappa shape index (κ2) is 5.50. The Labute approximate surface area is 92.0 Å². The Hall–Kier alpha value is -0.570. The minimum absolute atomic E-state index is 0.0793. The Balaban J connectivity index is 1.82. The molecule has 0 aromatic rings. The molecule has 0 radical (unpaired) electrons. The summed E-state index contributed by atoms with van der Waals surface area (Å²) in [5.74, 6) is 0.220. The van der Waals surface area contributed by atoms with Gasteiger partial charge < -0.3 is 10.6 Å². The van der Waals surface area contributed by atoms with Crippen LogP contribution in [0.3, 0.4) is 0 Å². The van der Waals surface area contributed by atoms with Crippen LogP contribution in [0.15, 0.2) is 0 Å². The van der Waals surface area contributed by atoms with Crippen molar-refractivity contribution in [2.24, 2.45) is 0 Å². The summed E-state index contributed by atoms with van der Waals surface area (Å²) < 4.78 is 0. The van der Waals surface area contributed by atoms with Crippen molar-refractivity contribution < 1.29 is 4.79 Å². The number of amides is 1. The fourth-order valence-electron chi connectivity index (χ4n) is 2.65. The Morgan fingerprint density at radius 2 is 1.73 bits per heavy atom. The van der Waals surface area contributed by atoms with Gasteiger partial charge in [0.1, 0.15) is 0 Å². The van der Waals surface area contributed by atoms with Crippen molar-refractivity contribution in [1.29, 1.82) is 0 Å². The van der Waals surface area contributed by atoms with E-state index in [1.54, 1.807) is 0 Å². The first-order valence-electron chi connectivity index (χ1n) is 6.40. The summed E-state index contributed by atoms with van der Waals surface area (Å²) in [6.07, 6.45) is 9.85. The van der Waals surface area contributed by atoms with Crippen LogP contribution in [0.2, 0.25) is 0 Å². The molecule has 2 rings (SSSR count). The van der Waals surface area contributed by atoms with E-state index in [0.29, 0.717) is 6.04 Å². The topological polar surface area (TPSA) is 41.1 Å². The summed E-state index contributed by atoms with van der Waals surface area (Å²) in [6, 6.07) is 0.670. The highest BCUT2D eigenvalue weighted by Gasteiger charge is 2.24. The smallest absolute Gasteiger partial charge is 0.237 e. The molecule has 2 fully saturated rings. The highest BCUT2D eigenvalue weighted by molar-refractivity contribution is 5.81. The van der Waals surface area contributed by atoms with E-state index in [2.05, 4.69) is 10.6 Å². The zero-order valence-electron chi connectivity index (χ0n) is 9.43. The van der Waals surface area contributed by atoms with E-state index in [0.717, 1.165) is 19.4 Å². The van der Waals surface area contributed by atoms with Crippen LogP contribution in [0.1, 0.15) is 51.4 Å². The number of rotatable bonds is 2. The van der Waals surface area contributed by atoms with Gasteiger partial charge in [-0.3, -0.25) is 4.79 Å². The number of carbonyl (C=O) groups excluding carboxylic acids is 1. The van der Waals surface area contributed by atoms with Crippen molar-refractivity contribution in [3.63, 3.8) is 0 Å². The zero-order valence-corrected chi connectivity index (χ0v) is 9.43. The van der Waals surface area contributed by atoms with Gasteiger partial charge in [-0.1, -0.05) is 19.3 Å². The first kappa shape index (κ1) is 10.9. The van der Waals surface area contributed by atoms with E-state index in [1.807, 2.05) is 0 Å².